The van der Waals surface area contributed by atoms with Gasteiger partial charge in [0.2, 0.25) is 0 Å². The van der Waals surface area contributed by atoms with Crippen LogP contribution >= 0.6 is 0 Å². The monoisotopic (exact) mass is 359 g/mol. The quantitative estimate of drug-likeness (QED) is 0.337. The fourth-order valence-corrected chi connectivity index (χ4v) is 1.93. The minimum absolute atomic E-state index is 0.0967. The highest BCUT2D eigenvalue weighted by molar-refractivity contribution is 5.90. The standard InChI is InChI=1S/C16H29N3O6/c1-3-6-10(17)14(21)24-13(20)9-5-8-12(19)16(23)25-15(22)11(18)7-4-2/h10-12H,3-9,17-19H2,1-2H3/t10-,11-,12?/m0/s1. The zero-order valence-electron chi connectivity index (χ0n) is 14.9. The Hall–Kier alpha value is -1.84. The molecule has 0 aliphatic rings. The normalized spacial score (nSPS) is 14.3. The molecule has 0 aromatic heterocycles. The number of carbonyl (C=O) groups is 4. The molecule has 144 valence electrons. The van der Waals surface area contributed by atoms with Crippen LogP contribution in [0.4, 0.5) is 0 Å². The Labute approximate surface area is 147 Å². The second kappa shape index (κ2) is 12.5. The maximum atomic E-state index is 11.7. The first-order valence-corrected chi connectivity index (χ1v) is 8.49. The molecule has 0 aliphatic carbocycles. The molecule has 0 saturated carbocycles. The van der Waals surface area contributed by atoms with Crippen molar-refractivity contribution in [2.24, 2.45) is 17.2 Å². The molecule has 6 N–H and O–H groups in total. The summed E-state index contributed by atoms with van der Waals surface area (Å²) in [5, 5.41) is 0. The molecule has 0 aromatic carbocycles. The van der Waals surface area contributed by atoms with Crippen LogP contribution in [0.3, 0.4) is 0 Å². The van der Waals surface area contributed by atoms with Crippen LogP contribution < -0.4 is 17.2 Å². The average Bonchev–Trinajstić information content (AvgIpc) is 2.54. The highest BCUT2D eigenvalue weighted by Crippen LogP contribution is 2.05. The lowest BCUT2D eigenvalue weighted by molar-refractivity contribution is -0.163. The Morgan fingerprint density at radius 1 is 0.720 bits per heavy atom. The molecule has 0 saturated heterocycles. The summed E-state index contributed by atoms with van der Waals surface area (Å²) < 4.78 is 9.19. The molecule has 0 radical (unpaired) electrons. The minimum Gasteiger partial charge on any atom is -0.392 e. The number of hydrogen-bond acceptors (Lipinski definition) is 9. The number of esters is 4. The van der Waals surface area contributed by atoms with E-state index in [4.69, 9.17) is 17.2 Å². The van der Waals surface area contributed by atoms with Crippen LogP contribution in [-0.4, -0.2) is 42.0 Å². The summed E-state index contributed by atoms with van der Waals surface area (Å²) in [5.74, 6) is -3.23. The predicted molar refractivity (Wildman–Crippen MR) is 89.8 cm³/mol. The zero-order valence-corrected chi connectivity index (χ0v) is 14.9. The lowest BCUT2D eigenvalue weighted by Gasteiger charge is -2.13. The molecule has 0 rings (SSSR count). The first kappa shape index (κ1) is 23.2. The van der Waals surface area contributed by atoms with Gasteiger partial charge in [0.25, 0.3) is 0 Å². The predicted octanol–water partition coefficient (Wildman–Crippen LogP) is -0.122. The van der Waals surface area contributed by atoms with E-state index < -0.39 is 42.0 Å². The van der Waals surface area contributed by atoms with Crippen molar-refractivity contribution in [3.8, 4) is 0 Å². The van der Waals surface area contributed by atoms with Gasteiger partial charge in [0.05, 0.1) is 0 Å². The van der Waals surface area contributed by atoms with Crippen molar-refractivity contribution in [1.82, 2.24) is 0 Å². The Morgan fingerprint density at radius 2 is 1.12 bits per heavy atom. The van der Waals surface area contributed by atoms with Crippen molar-refractivity contribution in [3.63, 3.8) is 0 Å². The molecule has 0 spiro atoms. The summed E-state index contributed by atoms with van der Waals surface area (Å²) in [5.41, 5.74) is 16.7. The maximum Gasteiger partial charge on any atom is 0.330 e. The van der Waals surface area contributed by atoms with Gasteiger partial charge in [0, 0.05) is 6.42 Å². The first-order valence-electron chi connectivity index (χ1n) is 8.49. The van der Waals surface area contributed by atoms with Gasteiger partial charge in [-0.05, 0) is 25.7 Å². The van der Waals surface area contributed by atoms with Crippen molar-refractivity contribution in [3.05, 3.63) is 0 Å². The van der Waals surface area contributed by atoms with E-state index in [1.165, 1.54) is 0 Å². The van der Waals surface area contributed by atoms with Crippen molar-refractivity contribution in [1.29, 1.82) is 0 Å². The molecule has 25 heavy (non-hydrogen) atoms. The van der Waals surface area contributed by atoms with Crippen LogP contribution in [0.2, 0.25) is 0 Å². The fraction of sp³-hybridized carbons (Fsp3) is 0.750. The Morgan fingerprint density at radius 3 is 1.56 bits per heavy atom. The number of ether oxygens (including phenoxy) is 2. The van der Waals surface area contributed by atoms with Crippen LogP contribution in [-0.2, 0) is 28.7 Å². The lowest BCUT2D eigenvalue weighted by atomic mass is 10.1. The molecule has 0 amide bonds. The van der Waals surface area contributed by atoms with E-state index in [-0.39, 0.29) is 19.3 Å². The maximum absolute atomic E-state index is 11.7. The molecule has 1 unspecified atom stereocenters. The molecule has 0 aliphatic heterocycles. The SMILES string of the molecule is CCC[C@H](N)C(=O)OC(=O)CCCC(N)C(=O)OC(=O)[C@@H](N)CCC. The van der Waals surface area contributed by atoms with Crippen molar-refractivity contribution >= 4 is 23.9 Å². The summed E-state index contributed by atoms with van der Waals surface area (Å²) in [4.78, 5) is 46.2. The Balaban J connectivity index is 4.11. The van der Waals surface area contributed by atoms with Crippen LogP contribution in [0.15, 0.2) is 0 Å². The first-order chi connectivity index (χ1) is 11.7. The van der Waals surface area contributed by atoms with E-state index in [9.17, 15) is 19.2 Å². The van der Waals surface area contributed by atoms with E-state index in [1.807, 2.05) is 13.8 Å². The van der Waals surface area contributed by atoms with E-state index in [1.54, 1.807) is 0 Å². The van der Waals surface area contributed by atoms with Gasteiger partial charge in [-0.15, -0.1) is 0 Å². The molecule has 9 nitrogen and oxygen atoms in total. The third kappa shape index (κ3) is 9.90. The van der Waals surface area contributed by atoms with Gasteiger partial charge in [-0.2, -0.15) is 0 Å². The molecule has 3 atom stereocenters. The van der Waals surface area contributed by atoms with Gasteiger partial charge in [-0.3, -0.25) is 4.79 Å². The van der Waals surface area contributed by atoms with Gasteiger partial charge >= 0.3 is 23.9 Å². The summed E-state index contributed by atoms with van der Waals surface area (Å²) in [6.45, 7) is 3.70. The second-order valence-electron chi connectivity index (χ2n) is 5.82. The molecule has 9 heteroatoms. The molecule has 0 heterocycles. The highest BCUT2D eigenvalue weighted by atomic mass is 16.6. The van der Waals surface area contributed by atoms with Crippen molar-refractivity contribution in [2.75, 3.05) is 0 Å². The van der Waals surface area contributed by atoms with Gasteiger partial charge in [-0.1, -0.05) is 26.7 Å². The zero-order chi connectivity index (χ0) is 19.4. The average molecular weight is 359 g/mol. The summed E-state index contributed by atoms with van der Waals surface area (Å²) in [7, 11) is 0. The number of carbonyl (C=O) groups excluding carboxylic acids is 4. The third-order valence-electron chi connectivity index (χ3n) is 3.42. The number of rotatable bonds is 11. The highest BCUT2D eigenvalue weighted by Gasteiger charge is 2.23. The minimum atomic E-state index is -1.07. The molecular formula is C16H29N3O6. The van der Waals surface area contributed by atoms with Crippen LogP contribution in [0.25, 0.3) is 0 Å². The van der Waals surface area contributed by atoms with Crippen LogP contribution in [0, 0.1) is 0 Å². The van der Waals surface area contributed by atoms with Crippen molar-refractivity contribution < 1.29 is 28.7 Å². The van der Waals surface area contributed by atoms with E-state index in [2.05, 4.69) is 9.47 Å². The smallest absolute Gasteiger partial charge is 0.330 e. The Kier molecular flexibility index (Phi) is 11.6. The number of hydrogen-bond donors (Lipinski definition) is 3. The summed E-state index contributed by atoms with van der Waals surface area (Å²) in [6, 6.07) is -2.76. The molecule has 0 fully saturated rings. The third-order valence-corrected chi connectivity index (χ3v) is 3.42. The van der Waals surface area contributed by atoms with Gasteiger partial charge in [0.1, 0.15) is 18.1 Å². The topological polar surface area (TPSA) is 165 Å². The van der Waals surface area contributed by atoms with Gasteiger partial charge < -0.3 is 26.7 Å². The molecule has 0 aromatic rings. The number of nitrogens with two attached hydrogens (primary N) is 3. The largest absolute Gasteiger partial charge is 0.392 e. The second-order valence-corrected chi connectivity index (χ2v) is 5.82. The van der Waals surface area contributed by atoms with Crippen LogP contribution in [0.1, 0.15) is 58.8 Å². The van der Waals surface area contributed by atoms with E-state index in [0.717, 1.165) is 0 Å². The van der Waals surface area contributed by atoms with E-state index in [0.29, 0.717) is 25.7 Å². The molecule has 0 bridgehead atoms. The lowest BCUT2D eigenvalue weighted by Crippen LogP contribution is -2.39. The van der Waals surface area contributed by atoms with Gasteiger partial charge in [0.15, 0.2) is 0 Å². The van der Waals surface area contributed by atoms with E-state index >= 15 is 0 Å². The van der Waals surface area contributed by atoms with Gasteiger partial charge in [-0.25, -0.2) is 14.4 Å². The summed E-state index contributed by atoms with van der Waals surface area (Å²) >= 11 is 0. The molecular weight excluding hydrogens is 330 g/mol. The van der Waals surface area contributed by atoms with Crippen LogP contribution in [0.5, 0.6) is 0 Å². The van der Waals surface area contributed by atoms with Crippen molar-refractivity contribution in [2.45, 2.75) is 76.9 Å². The summed E-state index contributed by atoms with van der Waals surface area (Å²) in [6.07, 6.45) is 2.40. The Bertz CT molecular complexity index is 469. The fourth-order valence-electron chi connectivity index (χ4n) is 1.93.